The van der Waals surface area contributed by atoms with Crippen LogP contribution in [0.15, 0.2) is 0 Å². The van der Waals surface area contributed by atoms with Gasteiger partial charge in [-0.15, -0.1) is 0 Å². The Morgan fingerprint density at radius 2 is 2.12 bits per heavy atom. The summed E-state index contributed by atoms with van der Waals surface area (Å²) in [4.78, 5) is 0. The van der Waals surface area contributed by atoms with Gasteiger partial charge in [0, 0.05) is 17.8 Å². The zero-order valence-electron chi connectivity index (χ0n) is 11.2. The van der Waals surface area contributed by atoms with Gasteiger partial charge in [0.05, 0.1) is 11.8 Å². The average molecular weight is 234 g/mol. The van der Waals surface area contributed by atoms with Gasteiger partial charge in [0.15, 0.2) is 0 Å². The van der Waals surface area contributed by atoms with Gasteiger partial charge in [-0.3, -0.25) is 4.68 Å². The number of aryl methyl sites for hydroxylation is 1. The highest BCUT2D eigenvalue weighted by Gasteiger charge is 2.16. The van der Waals surface area contributed by atoms with Crippen LogP contribution in [-0.4, -0.2) is 16.3 Å². The predicted octanol–water partition coefficient (Wildman–Crippen LogP) is 2.47. The first-order chi connectivity index (χ1) is 8.15. The van der Waals surface area contributed by atoms with Gasteiger partial charge in [-0.2, -0.15) is 10.4 Å². The standard InChI is InChI=1S/C13H22N4/c1-5-7-15-9-13-10(3)16-17(11(13)4)12(6-2)8-14/h12,15H,5-7,9H2,1-4H3. The van der Waals surface area contributed by atoms with Crippen LogP contribution in [-0.2, 0) is 6.54 Å². The van der Waals surface area contributed by atoms with Crippen molar-refractivity contribution in [2.24, 2.45) is 0 Å². The number of hydrogen-bond acceptors (Lipinski definition) is 3. The Morgan fingerprint density at radius 1 is 1.41 bits per heavy atom. The topological polar surface area (TPSA) is 53.6 Å². The van der Waals surface area contributed by atoms with E-state index < -0.39 is 0 Å². The molecule has 17 heavy (non-hydrogen) atoms. The number of nitrogens with one attached hydrogen (secondary N) is 1. The van der Waals surface area contributed by atoms with E-state index in [4.69, 9.17) is 5.26 Å². The molecule has 0 aliphatic carbocycles. The molecule has 1 aromatic rings. The zero-order chi connectivity index (χ0) is 12.8. The number of nitrogens with zero attached hydrogens (tertiary/aromatic N) is 3. The van der Waals surface area contributed by atoms with E-state index >= 15 is 0 Å². The fraction of sp³-hybridized carbons (Fsp3) is 0.692. The van der Waals surface area contributed by atoms with Crippen LogP contribution in [0.1, 0.15) is 49.7 Å². The molecule has 0 aliphatic heterocycles. The lowest BCUT2D eigenvalue weighted by Gasteiger charge is -2.09. The third-order valence-electron chi connectivity index (χ3n) is 3.03. The van der Waals surface area contributed by atoms with Crippen molar-refractivity contribution in [1.82, 2.24) is 15.1 Å². The number of rotatable bonds is 6. The first kappa shape index (κ1) is 13.7. The minimum atomic E-state index is -0.145. The summed E-state index contributed by atoms with van der Waals surface area (Å²) >= 11 is 0. The van der Waals surface area contributed by atoms with Gasteiger partial charge >= 0.3 is 0 Å². The summed E-state index contributed by atoms with van der Waals surface area (Å²) in [5.74, 6) is 0. The summed E-state index contributed by atoms with van der Waals surface area (Å²) < 4.78 is 1.86. The van der Waals surface area contributed by atoms with Crippen LogP contribution in [0.4, 0.5) is 0 Å². The fourth-order valence-electron chi connectivity index (χ4n) is 1.97. The second-order valence-corrected chi connectivity index (χ2v) is 4.32. The lowest BCUT2D eigenvalue weighted by molar-refractivity contribution is 0.518. The van der Waals surface area contributed by atoms with Crippen molar-refractivity contribution in [3.63, 3.8) is 0 Å². The molecule has 94 valence electrons. The highest BCUT2D eigenvalue weighted by atomic mass is 15.3. The van der Waals surface area contributed by atoms with Crippen LogP contribution in [0.3, 0.4) is 0 Å². The fourth-order valence-corrected chi connectivity index (χ4v) is 1.97. The Labute approximate surface area is 104 Å². The molecule has 0 aliphatic rings. The van der Waals surface area contributed by atoms with Crippen LogP contribution in [0.2, 0.25) is 0 Å². The third-order valence-corrected chi connectivity index (χ3v) is 3.03. The molecule has 0 aromatic carbocycles. The maximum absolute atomic E-state index is 9.09. The van der Waals surface area contributed by atoms with Crippen molar-refractivity contribution in [3.8, 4) is 6.07 Å². The van der Waals surface area contributed by atoms with Gasteiger partial charge < -0.3 is 5.32 Å². The Hall–Kier alpha value is -1.34. The van der Waals surface area contributed by atoms with Gasteiger partial charge in [-0.1, -0.05) is 13.8 Å². The van der Waals surface area contributed by atoms with E-state index in [1.165, 1.54) is 5.56 Å². The molecule has 0 radical (unpaired) electrons. The van der Waals surface area contributed by atoms with Crippen LogP contribution in [0, 0.1) is 25.2 Å². The minimum absolute atomic E-state index is 0.145. The molecule has 1 unspecified atom stereocenters. The van der Waals surface area contributed by atoms with E-state index in [1.807, 2.05) is 25.5 Å². The minimum Gasteiger partial charge on any atom is -0.313 e. The predicted molar refractivity (Wildman–Crippen MR) is 68.6 cm³/mol. The van der Waals surface area contributed by atoms with Crippen molar-refractivity contribution in [2.45, 2.75) is 53.1 Å². The van der Waals surface area contributed by atoms with Crippen molar-refractivity contribution < 1.29 is 0 Å². The lowest BCUT2D eigenvalue weighted by Crippen LogP contribution is -2.15. The molecule has 0 saturated carbocycles. The summed E-state index contributed by atoms with van der Waals surface area (Å²) in [6, 6.07) is 2.15. The van der Waals surface area contributed by atoms with Gasteiger partial charge in [0.2, 0.25) is 0 Å². The zero-order valence-corrected chi connectivity index (χ0v) is 11.2. The van der Waals surface area contributed by atoms with E-state index in [2.05, 4.69) is 23.4 Å². The molecule has 1 aromatic heterocycles. The Balaban J connectivity index is 2.90. The Bertz CT molecular complexity index is 400. The molecular formula is C13H22N4. The van der Waals surface area contributed by atoms with E-state index in [9.17, 15) is 0 Å². The lowest BCUT2D eigenvalue weighted by atomic mass is 10.2. The van der Waals surface area contributed by atoms with E-state index in [1.54, 1.807) is 0 Å². The molecule has 1 atom stereocenters. The third kappa shape index (κ3) is 3.07. The van der Waals surface area contributed by atoms with Crippen LogP contribution in [0.5, 0.6) is 0 Å². The molecule has 1 rings (SSSR count). The average Bonchev–Trinajstić information content (AvgIpc) is 2.59. The molecule has 0 bridgehead atoms. The van der Waals surface area contributed by atoms with Gasteiger partial charge in [-0.25, -0.2) is 0 Å². The summed E-state index contributed by atoms with van der Waals surface area (Å²) in [7, 11) is 0. The van der Waals surface area contributed by atoms with E-state index in [-0.39, 0.29) is 6.04 Å². The number of nitriles is 1. The molecule has 0 saturated heterocycles. The molecule has 0 fully saturated rings. The molecule has 1 heterocycles. The first-order valence-electron chi connectivity index (χ1n) is 6.30. The maximum Gasteiger partial charge on any atom is 0.138 e. The summed E-state index contributed by atoms with van der Waals surface area (Å²) in [6.07, 6.45) is 1.92. The highest BCUT2D eigenvalue weighted by Crippen LogP contribution is 2.18. The first-order valence-corrected chi connectivity index (χ1v) is 6.30. The second kappa shape index (κ2) is 6.41. The molecule has 0 amide bonds. The molecule has 4 heteroatoms. The SMILES string of the molecule is CCCNCc1c(C)nn(C(C#N)CC)c1C. The van der Waals surface area contributed by atoms with Gasteiger partial charge in [-0.05, 0) is 33.2 Å². The van der Waals surface area contributed by atoms with Crippen molar-refractivity contribution in [2.75, 3.05) is 6.54 Å². The molecule has 4 nitrogen and oxygen atoms in total. The molecule has 0 spiro atoms. The smallest absolute Gasteiger partial charge is 0.138 e. The summed E-state index contributed by atoms with van der Waals surface area (Å²) in [5.41, 5.74) is 3.37. The van der Waals surface area contributed by atoms with Crippen molar-refractivity contribution >= 4 is 0 Å². The Kier molecular flexibility index (Phi) is 5.17. The number of hydrogen-bond donors (Lipinski definition) is 1. The Morgan fingerprint density at radius 3 is 2.65 bits per heavy atom. The monoisotopic (exact) mass is 234 g/mol. The van der Waals surface area contributed by atoms with Gasteiger partial charge in [0.25, 0.3) is 0 Å². The van der Waals surface area contributed by atoms with Gasteiger partial charge in [0.1, 0.15) is 6.04 Å². The maximum atomic E-state index is 9.09. The highest BCUT2D eigenvalue weighted by molar-refractivity contribution is 5.25. The van der Waals surface area contributed by atoms with Crippen LogP contribution < -0.4 is 5.32 Å². The normalized spacial score (nSPS) is 12.4. The van der Waals surface area contributed by atoms with Crippen molar-refractivity contribution in [3.05, 3.63) is 17.0 Å². The van der Waals surface area contributed by atoms with Crippen molar-refractivity contribution in [1.29, 1.82) is 5.26 Å². The molecular weight excluding hydrogens is 212 g/mol. The van der Waals surface area contributed by atoms with Crippen LogP contribution >= 0.6 is 0 Å². The summed E-state index contributed by atoms with van der Waals surface area (Å²) in [5, 5.41) is 17.0. The van der Waals surface area contributed by atoms with E-state index in [0.717, 1.165) is 37.3 Å². The summed E-state index contributed by atoms with van der Waals surface area (Å²) in [6.45, 7) is 10.1. The molecule has 1 N–H and O–H groups in total. The number of aromatic nitrogens is 2. The quantitative estimate of drug-likeness (QED) is 0.769. The van der Waals surface area contributed by atoms with Crippen LogP contribution in [0.25, 0.3) is 0 Å². The largest absolute Gasteiger partial charge is 0.313 e. The second-order valence-electron chi connectivity index (χ2n) is 4.32. The van der Waals surface area contributed by atoms with E-state index in [0.29, 0.717) is 0 Å².